The minimum Gasteiger partial charge on any atom is -0.294 e. The van der Waals surface area contributed by atoms with E-state index in [-0.39, 0.29) is 5.78 Å². The Kier molecular flexibility index (Phi) is 1.96. The van der Waals surface area contributed by atoms with Crippen LogP contribution in [-0.2, 0) is 11.8 Å². The highest BCUT2D eigenvalue weighted by Gasteiger charge is 2.17. The number of hydrogen-bond acceptors (Lipinski definition) is 3. The van der Waals surface area contributed by atoms with E-state index < -0.39 is 0 Å². The van der Waals surface area contributed by atoms with Gasteiger partial charge >= 0.3 is 0 Å². The van der Waals surface area contributed by atoms with Gasteiger partial charge in [0, 0.05) is 19.0 Å². The predicted octanol–water partition coefficient (Wildman–Crippen LogP) is 0.952. The number of allylic oxidation sites excluding steroid dienone is 2. The van der Waals surface area contributed by atoms with Gasteiger partial charge in [-0.15, -0.1) is 5.10 Å². The molecule has 0 amide bonds. The molecule has 1 aromatic heterocycles. The normalized spacial score (nSPS) is 17.3. The molecule has 0 bridgehead atoms. The summed E-state index contributed by atoms with van der Waals surface area (Å²) in [4.78, 5) is 11.5. The Morgan fingerprint density at radius 1 is 1.54 bits per heavy atom. The van der Waals surface area contributed by atoms with Crippen LogP contribution in [0.25, 0.3) is 5.57 Å². The van der Waals surface area contributed by atoms with E-state index in [1.165, 1.54) is 0 Å². The molecule has 0 atom stereocenters. The summed E-state index contributed by atoms with van der Waals surface area (Å²) in [5, 5.41) is 7.71. The molecule has 4 heteroatoms. The summed E-state index contributed by atoms with van der Waals surface area (Å²) in [6, 6.07) is 0. The lowest BCUT2D eigenvalue weighted by molar-refractivity contribution is -0.114. The van der Waals surface area contributed by atoms with Crippen LogP contribution in [0.1, 0.15) is 25.0 Å². The van der Waals surface area contributed by atoms with Gasteiger partial charge in [0.15, 0.2) is 5.78 Å². The first-order chi connectivity index (χ1) is 6.27. The van der Waals surface area contributed by atoms with Crippen molar-refractivity contribution in [1.82, 2.24) is 15.0 Å². The van der Waals surface area contributed by atoms with Crippen LogP contribution in [0.15, 0.2) is 12.3 Å². The third kappa shape index (κ3) is 1.52. The molecule has 0 radical (unpaired) electrons. The van der Waals surface area contributed by atoms with Crippen LogP contribution in [0.5, 0.6) is 0 Å². The molecule has 0 fully saturated rings. The first-order valence-corrected chi connectivity index (χ1v) is 4.37. The summed E-state index contributed by atoms with van der Waals surface area (Å²) in [7, 11) is 1.80. The van der Waals surface area contributed by atoms with Crippen molar-refractivity contribution >= 4 is 11.4 Å². The third-order valence-electron chi connectivity index (χ3n) is 2.14. The minimum atomic E-state index is 0.187. The topological polar surface area (TPSA) is 47.8 Å². The van der Waals surface area contributed by atoms with Crippen molar-refractivity contribution in [1.29, 1.82) is 0 Å². The van der Waals surface area contributed by atoms with Gasteiger partial charge in [-0.2, -0.15) is 0 Å². The summed E-state index contributed by atoms with van der Waals surface area (Å²) >= 11 is 0. The molecule has 1 aliphatic rings. The third-order valence-corrected chi connectivity index (χ3v) is 2.14. The first-order valence-electron chi connectivity index (χ1n) is 4.37. The maximum Gasteiger partial charge on any atom is 0.164 e. The molecular weight excluding hydrogens is 166 g/mol. The van der Waals surface area contributed by atoms with Crippen molar-refractivity contribution in [3.8, 4) is 0 Å². The summed E-state index contributed by atoms with van der Waals surface area (Å²) < 4.78 is 1.61. The summed E-state index contributed by atoms with van der Waals surface area (Å²) in [5.74, 6) is 0.187. The fourth-order valence-corrected chi connectivity index (χ4v) is 1.48. The zero-order chi connectivity index (χ0) is 9.26. The van der Waals surface area contributed by atoms with Gasteiger partial charge in [-0.3, -0.25) is 9.48 Å². The summed E-state index contributed by atoms with van der Waals surface area (Å²) in [6.07, 6.45) is 6.30. The van der Waals surface area contributed by atoms with Crippen molar-refractivity contribution < 1.29 is 4.79 Å². The van der Waals surface area contributed by atoms with Crippen molar-refractivity contribution in [2.75, 3.05) is 0 Å². The second-order valence-electron chi connectivity index (χ2n) is 3.21. The number of Topliss-reactive ketones (excluding diaryl/α,β-unsaturated/α-hetero) is 1. The lowest BCUT2D eigenvalue weighted by Crippen LogP contribution is -2.06. The van der Waals surface area contributed by atoms with Crippen molar-refractivity contribution in [3.05, 3.63) is 18.0 Å². The Bertz CT molecular complexity index is 365. The number of carbonyl (C=O) groups excluding carboxylic acids is 1. The maximum absolute atomic E-state index is 11.5. The predicted molar refractivity (Wildman–Crippen MR) is 47.8 cm³/mol. The van der Waals surface area contributed by atoms with E-state index >= 15 is 0 Å². The van der Waals surface area contributed by atoms with Gasteiger partial charge in [-0.1, -0.05) is 11.3 Å². The van der Waals surface area contributed by atoms with Gasteiger partial charge in [0.2, 0.25) is 0 Å². The zero-order valence-electron chi connectivity index (χ0n) is 7.53. The first kappa shape index (κ1) is 8.16. The van der Waals surface area contributed by atoms with Gasteiger partial charge in [0.25, 0.3) is 0 Å². The quantitative estimate of drug-likeness (QED) is 0.641. The van der Waals surface area contributed by atoms with Crippen LogP contribution in [0.2, 0.25) is 0 Å². The van der Waals surface area contributed by atoms with Gasteiger partial charge in [0.1, 0.15) is 5.69 Å². The van der Waals surface area contributed by atoms with E-state index in [2.05, 4.69) is 10.3 Å². The van der Waals surface area contributed by atoms with E-state index in [1.54, 1.807) is 17.9 Å². The molecular formula is C9H11N3O. The monoisotopic (exact) mass is 177 g/mol. The molecule has 1 heterocycles. The molecule has 0 saturated heterocycles. The fourth-order valence-electron chi connectivity index (χ4n) is 1.48. The van der Waals surface area contributed by atoms with E-state index in [4.69, 9.17) is 0 Å². The Labute approximate surface area is 76.2 Å². The number of rotatable bonds is 1. The molecule has 0 unspecified atom stereocenters. The molecule has 1 aliphatic carbocycles. The van der Waals surface area contributed by atoms with Crippen molar-refractivity contribution in [3.63, 3.8) is 0 Å². The Morgan fingerprint density at radius 3 is 3.00 bits per heavy atom. The van der Waals surface area contributed by atoms with Gasteiger partial charge in [-0.05, 0) is 12.8 Å². The molecule has 13 heavy (non-hydrogen) atoms. The lowest BCUT2D eigenvalue weighted by Gasteiger charge is -2.07. The number of ketones is 1. The molecule has 2 rings (SSSR count). The average Bonchev–Trinajstić information content (AvgIpc) is 2.53. The summed E-state index contributed by atoms with van der Waals surface area (Å²) in [5.41, 5.74) is 1.44. The molecule has 68 valence electrons. The van der Waals surface area contributed by atoms with Crippen LogP contribution in [0.4, 0.5) is 0 Å². The Hall–Kier alpha value is -1.45. The van der Waals surface area contributed by atoms with E-state index in [1.807, 2.05) is 6.08 Å². The number of hydrogen-bond donors (Lipinski definition) is 0. The molecule has 1 aromatic rings. The maximum atomic E-state index is 11.5. The zero-order valence-corrected chi connectivity index (χ0v) is 7.53. The minimum absolute atomic E-state index is 0.187. The lowest BCUT2D eigenvalue weighted by atomic mass is 9.96. The molecule has 0 aliphatic heterocycles. The second kappa shape index (κ2) is 3.12. The number of aromatic nitrogens is 3. The van der Waals surface area contributed by atoms with Crippen LogP contribution in [0, 0.1) is 0 Å². The molecule has 0 N–H and O–H groups in total. The van der Waals surface area contributed by atoms with Crippen LogP contribution in [-0.4, -0.2) is 20.8 Å². The van der Waals surface area contributed by atoms with E-state index in [0.29, 0.717) is 12.1 Å². The number of aryl methyl sites for hydroxylation is 1. The molecule has 0 aromatic carbocycles. The van der Waals surface area contributed by atoms with Gasteiger partial charge < -0.3 is 0 Å². The SMILES string of the molecule is Cn1cc(C2=CCCCC2=O)nn1. The number of carbonyl (C=O) groups is 1. The van der Waals surface area contributed by atoms with E-state index in [9.17, 15) is 4.79 Å². The average molecular weight is 177 g/mol. The summed E-state index contributed by atoms with van der Waals surface area (Å²) in [6.45, 7) is 0. The molecule has 4 nitrogen and oxygen atoms in total. The van der Waals surface area contributed by atoms with Crippen LogP contribution >= 0.6 is 0 Å². The Morgan fingerprint density at radius 2 is 2.38 bits per heavy atom. The smallest absolute Gasteiger partial charge is 0.164 e. The van der Waals surface area contributed by atoms with E-state index in [0.717, 1.165) is 18.4 Å². The number of nitrogens with zero attached hydrogens (tertiary/aromatic N) is 3. The van der Waals surface area contributed by atoms with Gasteiger partial charge in [0.05, 0.1) is 6.20 Å². The highest BCUT2D eigenvalue weighted by atomic mass is 16.1. The fraction of sp³-hybridized carbons (Fsp3) is 0.444. The largest absolute Gasteiger partial charge is 0.294 e. The Balaban J connectivity index is 2.34. The molecule has 0 spiro atoms. The van der Waals surface area contributed by atoms with Gasteiger partial charge in [-0.25, -0.2) is 0 Å². The standard InChI is InChI=1S/C9H11N3O/c1-12-6-8(10-11-12)7-4-2-3-5-9(7)13/h4,6H,2-3,5H2,1H3. The van der Waals surface area contributed by atoms with Crippen molar-refractivity contribution in [2.24, 2.45) is 7.05 Å². The second-order valence-corrected chi connectivity index (χ2v) is 3.21. The van der Waals surface area contributed by atoms with Crippen LogP contribution in [0.3, 0.4) is 0 Å². The highest BCUT2D eigenvalue weighted by Crippen LogP contribution is 2.21. The van der Waals surface area contributed by atoms with Crippen molar-refractivity contribution in [2.45, 2.75) is 19.3 Å². The molecule has 0 saturated carbocycles. The highest BCUT2D eigenvalue weighted by molar-refractivity contribution is 6.20. The van der Waals surface area contributed by atoms with Crippen LogP contribution < -0.4 is 0 Å².